The van der Waals surface area contributed by atoms with Crippen molar-refractivity contribution in [2.24, 2.45) is 0 Å². The lowest BCUT2D eigenvalue weighted by Crippen LogP contribution is -2.41. The Morgan fingerprint density at radius 1 is 0.196 bits per heavy atom. The van der Waals surface area contributed by atoms with E-state index in [9.17, 15) is 0 Å². The van der Waals surface area contributed by atoms with Gasteiger partial charge in [0.2, 0.25) is 0 Å². The molecule has 3 aliphatic heterocycles. The quantitative estimate of drug-likeness (QED) is 0.0960. The number of hydrogen-bond acceptors (Lipinski definition) is 12. The van der Waals surface area contributed by atoms with Gasteiger partial charge in [0.1, 0.15) is 0 Å². The van der Waals surface area contributed by atoms with Crippen molar-refractivity contribution in [2.45, 2.75) is 117 Å². The molecule has 0 bridgehead atoms. The Labute approximate surface area is 667 Å². The van der Waals surface area contributed by atoms with Gasteiger partial charge in [-0.2, -0.15) is 0 Å². The number of nitrogens with zero attached hydrogens (tertiary/aromatic N) is 6. The van der Waals surface area contributed by atoms with Crippen LogP contribution in [0, 0.1) is 0 Å². The second-order valence-electron chi connectivity index (χ2n) is 31.5. The van der Waals surface area contributed by atoms with Crippen LogP contribution in [0.3, 0.4) is 0 Å². The number of rotatable bonds is 14. The molecule has 554 valence electrons. The maximum atomic E-state index is 6.35. The zero-order valence-electron chi connectivity index (χ0n) is 65.3. The molecule has 0 aliphatic carbocycles. The third kappa shape index (κ3) is 16.8. The summed E-state index contributed by atoms with van der Waals surface area (Å²) in [4.78, 5) is 29.8. The molecule has 12 aromatic carbocycles. The van der Waals surface area contributed by atoms with E-state index in [-0.39, 0.29) is 22.4 Å². The Morgan fingerprint density at radius 2 is 0.402 bits per heavy atom. The Morgan fingerprint density at radius 3 is 0.714 bits per heavy atom. The van der Waals surface area contributed by atoms with Crippen molar-refractivity contribution in [2.75, 3.05) is 0 Å². The highest BCUT2D eigenvalue weighted by atomic mass is 79.9. The van der Waals surface area contributed by atoms with E-state index in [0.717, 1.165) is 93.4 Å². The molecule has 5 heterocycles. The standard InChI is InChI=1S/C45H38BN3O2.C39H26BrN3.C12H24B2O4/c1-44(2)45(3,4)51-46(50-44)40-23-13-21-38(30-40)36-19-11-18-35(28-36)37-20-12-22-39(29-37)43-48-41(33-16-9-6-10-17-33)47-42(49-43)34-26-24-32(25-27-34)31-14-7-5-8-15-31;40-36-19-9-17-34(26-36)32-15-7-14-31(24-32)33-16-8-18-35(25-33)39-42-37(29-12-5-2-6-13-29)41-38(43-39)30-22-20-28(21-23-30)27-10-3-1-4-11-27;1-9(2)10(3,4)16-13(15-9)14-17-11(5,6)12(7,8)18-14/h5-30H,1-4H3;1-26H;1-8H3. The number of halogens is 1. The monoisotopic (exact) mass is 1530 g/mol. The lowest BCUT2D eigenvalue weighted by atomic mass is 9.49. The molecule has 0 atom stereocenters. The van der Waals surface area contributed by atoms with E-state index in [2.05, 4.69) is 280 Å². The number of hydrogen-bond donors (Lipinski definition) is 0. The second kappa shape index (κ2) is 31.7. The van der Waals surface area contributed by atoms with Gasteiger partial charge in [0.15, 0.2) is 34.9 Å². The Balaban J connectivity index is 0.000000147. The van der Waals surface area contributed by atoms with Gasteiger partial charge in [-0.3, -0.25) is 0 Å². The molecule has 3 aliphatic rings. The molecule has 0 spiro atoms. The highest BCUT2D eigenvalue weighted by Crippen LogP contribution is 2.44. The van der Waals surface area contributed by atoms with Gasteiger partial charge in [-0.15, -0.1) is 0 Å². The molecule has 17 rings (SSSR count). The largest absolute Gasteiger partial charge is 0.494 e. The molecule has 0 saturated carbocycles. The summed E-state index contributed by atoms with van der Waals surface area (Å²) in [7, 11) is -1.37. The zero-order chi connectivity index (χ0) is 78.0. The fourth-order valence-corrected chi connectivity index (χ4v) is 13.9. The normalized spacial score (nSPS) is 16.1. The fourth-order valence-electron chi connectivity index (χ4n) is 13.5. The van der Waals surface area contributed by atoms with E-state index in [1.807, 2.05) is 134 Å². The van der Waals surface area contributed by atoms with Crippen LogP contribution in [0.1, 0.15) is 83.1 Å². The minimum atomic E-state index is -0.476. The summed E-state index contributed by atoms with van der Waals surface area (Å²) in [6.07, 6.45) is 0. The maximum Gasteiger partial charge on any atom is 0.494 e. The van der Waals surface area contributed by atoms with E-state index in [0.29, 0.717) is 34.9 Å². The molecule has 0 radical (unpaired) electrons. The summed E-state index contributed by atoms with van der Waals surface area (Å²) in [5.41, 5.74) is 18.0. The summed E-state index contributed by atoms with van der Waals surface area (Å²) < 4.78 is 37.6. The number of benzene rings is 12. The van der Waals surface area contributed by atoms with Crippen molar-refractivity contribution in [1.82, 2.24) is 29.9 Å². The first-order valence-electron chi connectivity index (χ1n) is 38.1. The third-order valence-corrected chi connectivity index (χ3v) is 22.6. The van der Waals surface area contributed by atoms with Gasteiger partial charge in [-0.1, -0.05) is 295 Å². The van der Waals surface area contributed by atoms with Gasteiger partial charge >= 0.3 is 21.1 Å². The van der Waals surface area contributed by atoms with E-state index in [1.54, 1.807) is 0 Å². The molecule has 0 N–H and O–H groups in total. The summed E-state index contributed by atoms with van der Waals surface area (Å²) in [6, 6.07) is 109. The minimum Gasteiger partial charge on any atom is -0.405 e. The summed E-state index contributed by atoms with van der Waals surface area (Å²) in [6.45, 7) is 24.5. The SMILES string of the molecule is Brc1cccc(-c2cccc(-c3cccc(-c4nc(-c5ccccc5)nc(-c5ccc(-c6ccccc6)cc5)n4)c3)c2)c1.CC1(C)OB(B2OC(C)(C)C(C)(C)O2)OC1(C)C.CC1(C)OB(c2cccc(-c3cccc(-c4cccc(-c5nc(-c6ccccc6)nc(-c6ccc(-c7ccccc7)cc6)n5)c4)c3)c2)OC1(C)C. The van der Waals surface area contributed by atoms with Crippen LogP contribution >= 0.6 is 15.9 Å². The second-order valence-corrected chi connectivity index (χ2v) is 32.4. The van der Waals surface area contributed by atoms with Crippen LogP contribution in [0.2, 0.25) is 0 Å². The molecule has 112 heavy (non-hydrogen) atoms. The van der Waals surface area contributed by atoms with Gasteiger partial charge < -0.3 is 27.9 Å². The summed E-state index contributed by atoms with van der Waals surface area (Å²) in [5.74, 6) is 3.82. The fraction of sp³-hybridized carbons (Fsp3) is 0.188. The van der Waals surface area contributed by atoms with Gasteiger partial charge in [0.05, 0.1) is 33.6 Å². The van der Waals surface area contributed by atoms with Gasteiger partial charge in [-0.25, -0.2) is 29.9 Å². The summed E-state index contributed by atoms with van der Waals surface area (Å²) >= 11 is 3.60. The molecule has 0 amide bonds. The maximum absolute atomic E-state index is 6.35. The third-order valence-electron chi connectivity index (χ3n) is 22.1. The molecule has 16 heteroatoms. The van der Waals surface area contributed by atoms with Crippen molar-refractivity contribution in [3.05, 3.63) is 320 Å². The highest BCUT2D eigenvalue weighted by molar-refractivity contribution is 9.10. The summed E-state index contributed by atoms with van der Waals surface area (Å²) in [5, 5.41) is 0. The smallest absolute Gasteiger partial charge is 0.405 e. The van der Waals surface area contributed by atoms with Crippen LogP contribution in [-0.2, 0) is 27.9 Å². The predicted molar refractivity (Wildman–Crippen MR) is 460 cm³/mol. The Kier molecular flexibility index (Phi) is 21.6. The zero-order valence-corrected chi connectivity index (χ0v) is 66.9. The van der Waals surface area contributed by atoms with Crippen LogP contribution in [0.25, 0.3) is 135 Å². The van der Waals surface area contributed by atoms with Gasteiger partial charge in [-0.05, 0) is 192 Å². The lowest BCUT2D eigenvalue weighted by molar-refractivity contribution is 0.00578. The van der Waals surface area contributed by atoms with E-state index in [1.165, 1.54) is 16.7 Å². The lowest BCUT2D eigenvalue weighted by Gasteiger charge is -2.32. The van der Waals surface area contributed by atoms with Crippen molar-refractivity contribution in [1.29, 1.82) is 0 Å². The Hall–Kier alpha value is -10.9. The molecule has 14 aromatic rings. The molecule has 3 saturated heterocycles. The van der Waals surface area contributed by atoms with E-state index in [4.69, 9.17) is 57.8 Å². The number of aromatic nitrogens is 6. The first-order valence-corrected chi connectivity index (χ1v) is 38.9. The first kappa shape index (κ1) is 76.5. The van der Waals surface area contributed by atoms with Crippen LogP contribution in [-0.4, -0.2) is 84.6 Å². The minimum absolute atomic E-state index is 0.360. The predicted octanol–water partition coefficient (Wildman–Crippen LogP) is 23.1. The topological polar surface area (TPSA) is 133 Å². The van der Waals surface area contributed by atoms with Crippen molar-refractivity contribution >= 4 is 42.5 Å². The van der Waals surface area contributed by atoms with Gasteiger partial charge in [0.25, 0.3) is 0 Å². The van der Waals surface area contributed by atoms with Crippen molar-refractivity contribution < 1.29 is 27.9 Å². The average molecular weight is 1530 g/mol. The molecule has 0 unspecified atom stereocenters. The average Bonchev–Trinajstić information content (AvgIpc) is 1.60. The van der Waals surface area contributed by atoms with E-state index < -0.39 is 32.3 Å². The Bertz CT molecular complexity index is 5580. The van der Waals surface area contributed by atoms with Crippen LogP contribution in [0.5, 0.6) is 0 Å². The van der Waals surface area contributed by atoms with E-state index >= 15 is 0 Å². The first-order chi connectivity index (χ1) is 53.8. The molecular weight excluding hydrogens is 1450 g/mol. The van der Waals surface area contributed by atoms with Crippen LogP contribution in [0.4, 0.5) is 0 Å². The van der Waals surface area contributed by atoms with Crippen LogP contribution < -0.4 is 5.46 Å². The van der Waals surface area contributed by atoms with Crippen molar-refractivity contribution in [3.63, 3.8) is 0 Å². The van der Waals surface area contributed by atoms with Crippen molar-refractivity contribution in [3.8, 4) is 135 Å². The molecule has 2 aromatic heterocycles. The molecule has 12 nitrogen and oxygen atoms in total. The van der Waals surface area contributed by atoms with Crippen LogP contribution in [0.15, 0.2) is 320 Å². The molecular formula is C96H88B3BrN6O6. The van der Waals surface area contributed by atoms with Gasteiger partial charge in [0, 0.05) is 37.9 Å². The highest BCUT2D eigenvalue weighted by Gasteiger charge is 2.64. The molecule has 3 fully saturated rings.